The zero-order valence-corrected chi connectivity index (χ0v) is 14.3. The maximum Gasteiger partial charge on any atom is 0.206 e. The van der Waals surface area contributed by atoms with E-state index in [0.717, 1.165) is 17.0 Å². The molecule has 0 saturated heterocycles. The van der Waals surface area contributed by atoms with E-state index in [1.165, 1.54) is 24.3 Å². The number of anilines is 3. The van der Waals surface area contributed by atoms with Crippen LogP contribution in [0, 0.1) is 5.82 Å². The molecule has 0 fully saturated rings. The number of nitrogens with one attached hydrogen (secondary N) is 1. The van der Waals surface area contributed by atoms with E-state index in [2.05, 4.69) is 10.3 Å². The monoisotopic (exact) mass is 357 g/mol. The average molecular weight is 357 g/mol. The van der Waals surface area contributed by atoms with Crippen LogP contribution in [0.25, 0.3) is 0 Å². The first-order valence-electron chi connectivity index (χ1n) is 7.64. The molecule has 1 heterocycles. The molecule has 0 aliphatic heterocycles. The Morgan fingerprint density at radius 1 is 1.24 bits per heavy atom. The number of ketones is 1. The highest BCUT2D eigenvalue weighted by atomic mass is 32.1. The second-order valence-electron chi connectivity index (χ2n) is 5.12. The zero-order chi connectivity index (χ0) is 17.8. The quantitative estimate of drug-likeness (QED) is 0.645. The van der Waals surface area contributed by atoms with Gasteiger partial charge in [0.05, 0.1) is 12.3 Å². The summed E-state index contributed by atoms with van der Waals surface area (Å²) < 4.78 is 18.6. The molecular weight excluding hydrogens is 341 g/mol. The molecule has 7 heteroatoms. The summed E-state index contributed by atoms with van der Waals surface area (Å²) in [5.41, 5.74) is 6.99. The molecule has 0 radical (unpaired) electrons. The number of benzene rings is 2. The van der Waals surface area contributed by atoms with Crippen molar-refractivity contribution in [3.05, 3.63) is 64.8 Å². The molecular formula is C18H16FN3O2S. The fourth-order valence-electron chi connectivity index (χ4n) is 2.25. The van der Waals surface area contributed by atoms with Gasteiger partial charge >= 0.3 is 0 Å². The maximum atomic E-state index is 13.0. The second-order valence-corrected chi connectivity index (χ2v) is 6.12. The fraction of sp³-hybridized carbons (Fsp3) is 0.111. The number of aromatic nitrogens is 1. The van der Waals surface area contributed by atoms with Crippen LogP contribution in [0.5, 0.6) is 5.75 Å². The molecule has 3 rings (SSSR count). The largest absolute Gasteiger partial charge is 0.492 e. The summed E-state index contributed by atoms with van der Waals surface area (Å²) in [6.07, 6.45) is 0. The Hall–Kier alpha value is -2.93. The van der Waals surface area contributed by atoms with Crippen LogP contribution in [0.1, 0.15) is 22.2 Å². The molecule has 0 spiro atoms. The summed E-state index contributed by atoms with van der Waals surface area (Å²) in [6.45, 7) is 2.44. The van der Waals surface area contributed by atoms with E-state index in [9.17, 15) is 9.18 Å². The summed E-state index contributed by atoms with van der Waals surface area (Å²) in [6, 6.07) is 12.8. The Kier molecular flexibility index (Phi) is 4.95. The Morgan fingerprint density at radius 3 is 2.68 bits per heavy atom. The van der Waals surface area contributed by atoms with Gasteiger partial charge in [0.15, 0.2) is 5.13 Å². The lowest BCUT2D eigenvalue weighted by molar-refractivity contribution is 0.104. The third kappa shape index (κ3) is 3.77. The van der Waals surface area contributed by atoms with Crippen molar-refractivity contribution < 1.29 is 13.9 Å². The number of halogens is 1. The van der Waals surface area contributed by atoms with E-state index in [-0.39, 0.29) is 11.6 Å². The van der Waals surface area contributed by atoms with Crippen LogP contribution in [0.15, 0.2) is 48.5 Å². The smallest absolute Gasteiger partial charge is 0.206 e. The molecule has 0 aliphatic rings. The summed E-state index contributed by atoms with van der Waals surface area (Å²) in [5, 5.41) is 3.61. The van der Waals surface area contributed by atoms with E-state index in [4.69, 9.17) is 10.5 Å². The van der Waals surface area contributed by atoms with Crippen LogP contribution < -0.4 is 15.8 Å². The summed E-state index contributed by atoms with van der Waals surface area (Å²) in [7, 11) is 0. The number of hydrogen-bond acceptors (Lipinski definition) is 6. The SMILES string of the molecule is CCOc1ccccc1Nc1nc(N)c(C(=O)c2ccc(F)cc2)s1. The highest BCUT2D eigenvalue weighted by Crippen LogP contribution is 2.33. The van der Waals surface area contributed by atoms with Gasteiger partial charge in [-0.15, -0.1) is 0 Å². The molecule has 5 nitrogen and oxygen atoms in total. The minimum absolute atomic E-state index is 0.135. The van der Waals surface area contributed by atoms with Crippen LogP contribution in [0.4, 0.5) is 21.0 Å². The van der Waals surface area contributed by atoms with Gasteiger partial charge in [0.2, 0.25) is 5.78 Å². The van der Waals surface area contributed by atoms with Crippen LogP contribution in [0.3, 0.4) is 0 Å². The van der Waals surface area contributed by atoms with Gasteiger partial charge in [-0.05, 0) is 43.3 Å². The number of nitrogens with two attached hydrogens (primary N) is 1. The number of nitrogens with zero attached hydrogens (tertiary/aromatic N) is 1. The lowest BCUT2D eigenvalue weighted by atomic mass is 10.1. The number of nitrogen functional groups attached to an aromatic ring is 1. The number of rotatable bonds is 6. The Bertz CT molecular complexity index is 894. The highest BCUT2D eigenvalue weighted by molar-refractivity contribution is 7.18. The third-order valence-corrected chi connectivity index (χ3v) is 4.38. The van der Waals surface area contributed by atoms with Crippen molar-refractivity contribution in [2.75, 3.05) is 17.7 Å². The van der Waals surface area contributed by atoms with Crippen molar-refractivity contribution in [3.8, 4) is 5.75 Å². The zero-order valence-electron chi connectivity index (χ0n) is 13.5. The molecule has 0 saturated carbocycles. The standard InChI is InChI=1S/C18H16FN3O2S/c1-2-24-14-6-4-3-5-13(14)21-18-22-17(20)16(25-18)15(23)11-7-9-12(19)10-8-11/h3-10H,2,20H2,1H3,(H,21,22). The molecule has 0 amide bonds. The Morgan fingerprint density at radius 2 is 1.96 bits per heavy atom. The molecule has 128 valence electrons. The summed E-state index contributed by atoms with van der Waals surface area (Å²) >= 11 is 1.14. The van der Waals surface area contributed by atoms with Crippen molar-refractivity contribution >= 4 is 33.8 Å². The van der Waals surface area contributed by atoms with Gasteiger partial charge in [-0.25, -0.2) is 9.37 Å². The third-order valence-electron chi connectivity index (χ3n) is 3.39. The lowest BCUT2D eigenvalue weighted by Gasteiger charge is -2.09. The number of thiazole rings is 1. The van der Waals surface area contributed by atoms with Gasteiger partial charge in [-0.1, -0.05) is 23.5 Å². The molecule has 3 aromatic rings. The first-order chi connectivity index (χ1) is 12.1. The number of para-hydroxylation sites is 2. The van der Waals surface area contributed by atoms with Crippen LogP contribution in [-0.4, -0.2) is 17.4 Å². The van der Waals surface area contributed by atoms with Crippen molar-refractivity contribution in [3.63, 3.8) is 0 Å². The first kappa shape index (κ1) is 16.9. The second kappa shape index (κ2) is 7.31. The van der Waals surface area contributed by atoms with Crippen LogP contribution in [0.2, 0.25) is 0 Å². The topological polar surface area (TPSA) is 77.2 Å². The lowest BCUT2D eigenvalue weighted by Crippen LogP contribution is -2.02. The van der Waals surface area contributed by atoms with Gasteiger partial charge in [0, 0.05) is 5.56 Å². The van der Waals surface area contributed by atoms with Crippen molar-refractivity contribution in [1.29, 1.82) is 0 Å². The molecule has 0 atom stereocenters. The van der Waals surface area contributed by atoms with E-state index < -0.39 is 5.82 Å². The van der Waals surface area contributed by atoms with E-state index in [1.54, 1.807) is 0 Å². The maximum absolute atomic E-state index is 13.0. The normalized spacial score (nSPS) is 10.5. The van der Waals surface area contributed by atoms with Crippen molar-refractivity contribution in [2.24, 2.45) is 0 Å². The van der Waals surface area contributed by atoms with Crippen LogP contribution >= 0.6 is 11.3 Å². The van der Waals surface area contributed by atoms with E-state index >= 15 is 0 Å². The molecule has 0 aliphatic carbocycles. The van der Waals surface area contributed by atoms with Gasteiger partial charge in [0.25, 0.3) is 0 Å². The van der Waals surface area contributed by atoms with Crippen molar-refractivity contribution in [2.45, 2.75) is 6.92 Å². The predicted molar refractivity (Wildman–Crippen MR) is 97.3 cm³/mol. The van der Waals surface area contributed by atoms with Gasteiger partial charge in [-0.2, -0.15) is 0 Å². The van der Waals surface area contributed by atoms with Crippen molar-refractivity contribution in [1.82, 2.24) is 4.98 Å². The predicted octanol–water partition coefficient (Wildman–Crippen LogP) is 4.24. The van der Waals surface area contributed by atoms with Crippen LogP contribution in [-0.2, 0) is 0 Å². The highest BCUT2D eigenvalue weighted by Gasteiger charge is 2.18. The average Bonchev–Trinajstić information content (AvgIpc) is 2.97. The number of carbonyl (C=O) groups excluding carboxylic acids is 1. The first-order valence-corrected chi connectivity index (χ1v) is 8.45. The molecule has 1 aromatic heterocycles. The molecule has 3 N–H and O–H groups in total. The molecule has 0 bridgehead atoms. The number of ether oxygens (including phenoxy) is 1. The molecule has 2 aromatic carbocycles. The molecule has 0 unspecified atom stereocenters. The van der Waals surface area contributed by atoms with Gasteiger partial charge in [0.1, 0.15) is 22.3 Å². The Balaban J connectivity index is 1.85. The summed E-state index contributed by atoms with van der Waals surface area (Å²) in [5.74, 6) is 0.130. The fourth-order valence-corrected chi connectivity index (χ4v) is 3.11. The Labute approximate surface area is 148 Å². The van der Waals surface area contributed by atoms with E-state index in [0.29, 0.717) is 27.9 Å². The van der Waals surface area contributed by atoms with Gasteiger partial charge < -0.3 is 15.8 Å². The van der Waals surface area contributed by atoms with Gasteiger partial charge in [-0.3, -0.25) is 4.79 Å². The molecule has 25 heavy (non-hydrogen) atoms. The minimum Gasteiger partial charge on any atom is -0.492 e. The van der Waals surface area contributed by atoms with E-state index in [1.807, 2.05) is 31.2 Å². The minimum atomic E-state index is -0.399. The number of hydrogen-bond donors (Lipinski definition) is 2. The summed E-state index contributed by atoms with van der Waals surface area (Å²) in [4.78, 5) is 17.0. The number of carbonyl (C=O) groups is 1.